The molecular weight excluding hydrogens is 248 g/mol. The van der Waals surface area contributed by atoms with E-state index in [4.69, 9.17) is 5.73 Å². The van der Waals surface area contributed by atoms with Crippen LogP contribution in [0, 0.1) is 6.42 Å². The highest BCUT2D eigenvalue weighted by molar-refractivity contribution is 8.00. The lowest BCUT2D eigenvalue weighted by Gasteiger charge is -2.20. The van der Waals surface area contributed by atoms with Crippen LogP contribution in [0.4, 0.5) is 0 Å². The zero-order valence-electron chi connectivity index (χ0n) is 9.91. The van der Waals surface area contributed by atoms with Crippen molar-refractivity contribution in [1.29, 1.82) is 0 Å². The third-order valence-electron chi connectivity index (χ3n) is 2.77. The minimum absolute atomic E-state index is 0.118. The first-order valence-electron chi connectivity index (χ1n) is 5.77. The van der Waals surface area contributed by atoms with E-state index in [1.54, 1.807) is 6.42 Å². The van der Waals surface area contributed by atoms with Crippen molar-refractivity contribution >= 4 is 23.6 Å². The van der Waals surface area contributed by atoms with Crippen LogP contribution in [0.1, 0.15) is 5.56 Å². The standard InChI is InChI=1S/C13H15N2O2S/c14-12(17)13-15(8-9-18-13)11(16)7-6-10-4-2-1-3-5-10/h1-5,7,13H,6,8-9H2,(H2,14,17). The molecule has 1 atom stereocenters. The van der Waals surface area contributed by atoms with Gasteiger partial charge in [0.2, 0.25) is 5.91 Å². The average Bonchev–Trinajstić information content (AvgIpc) is 2.86. The molecule has 1 fully saturated rings. The van der Waals surface area contributed by atoms with Crippen molar-refractivity contribution in [3.63, 3.8) is 0 Å². The summed E-state index contributed by atoms with van der Waals surface area (Å²) in [6.07, 6.45) is 2.18. The molecule has 1 aliphatic heterocycles. The Balaban J connectivity index is 1.90. The van der Waals surface area contributed by atoms with Crippen molar-refractivity contribution in [2.75, 3.05) is 12.3 Å². The summed E-state index contributed by atoms with van der Waals surface area (Å²) in [6.45, 7) is 0.586. The Hall–Kier alpha value is -1.49. The summed E-state index contributed by atoms with van der Waals surface area (Å²) in [5, 5.41) is -0.510. The van der Waals surface area contributed by atoms with Crippen molar-refractivity contribution in [2.45, 2.75) is 11.8 Å². The molecule has 95 valence electrons. The summed E-state index contributed by atoms with van der Waals surface area (Å²) in [5.74, 6) is 0.199. The van der Waals surface area contributed by atoms with Gasteiger partial charge in [0.15, 0.2) is 5.37 Å². The molecule has 2 rings (SSSR count). The monoisotopic (exact) mass is 263 g/mol. The summed E-state index contributed by atoms with van der Waals surface area (Å²) in [7, 11) is 0. The highest BCUT2D eigenvalue weighted by Crippen LogP contribution is 2.24. The first kappa shape index (κ1) is 13.0. The molecule has 0 aromatic heterocycles. The lowest BCUT2D eigenvalue weighted by molar-refractivity contribution is -0.132. The van der Waals surface area contributed by atoms with E-state index in [9.17, 15) is 9.59 Å². The molecule has 1 aromatic carbocycles. The first-order chi connectivity index (χ1) is 8.68. The Labute approximate surface area is 111 Å². The first-order valence-corrected chi connectivity index (χ1v) is 6.82. The fourth-order valence-electron chi connectivity index (χ4n) is 1.87. The number of primary amides is 1. The second-order valence-corrected chi connectivity index (χ2v) is 5.24. The fraction of sp³-hybridized carbons (Fsp3) is 0.308. The second kappa shape index (κ2) is 5.91. The van der Waals surface area contributed by atoms with Gasteiger partial charge >= 0.3 is 0 Å². The number of amides is 2. The summed E-state index contributed by atoms with van der Waals surface area (Å²) < 4.78 is 0. The van der Waals surface area contributed by atoms with E-state index in [0.717, 1.165) is 11.3 Å². The van der Waals surface area contributed by atoms with E-state index in [2.05, 4.69) is 0 Å². The van der Waals surface area contributed by atoms with E-state index >= 15 is 0 Å². The third-order valence-corrected chi connectivity index (χ3v) is 3.99. The molecule has 1 heterocycles. The van der Waals surface area contributed by atoms with Crippen LogP contribution in [0.15, 0.2) is 30.3 Å². The number of benzene rings is 1. The van der Waals surface area contributed by atoms with E-state index in [1.165, 1.54) is 16.7 Å². The van der Waals surface area contributed by atoms with E-state index in [1.807, 2.05) is 30.3 Å². The zero-order valence-corrected chi connectivity index (χ0v) is 10.7. The van der Waals surface area contributed by atoms with Gasteiger partial charge in [-0.2, -0.15) is 0 Å². The van der Waals surface area contributed by atoms with Crippen LogP contribution in [-0.2, 0) is 16.0 Å². The normalized spacial score (nSPS) is 18.9. The van der Waals surface area contributed by atoms with Crippen LogP contribution < -0.4 is 5.73 Å². The number of carbonyl (C=O) groups is 2. The van der Waals surface area contributed by atoms with E-state index in [-0.39, 0.29) is 5.91 Å². The Kier molecular flexibility index (Phi) is 4.25. The maximum Gasteiger partial charge on any atom is 0.250 e. The van der Waals surface area contributed by atoms with Crippen LogP contribution in [0.2, 0.25) is 0 Å². The zero-order chi connectivity index (χ0) is 13.0. The maximum absolute atomic E-state index is 12.0. The molecular formula is C13H15N2O2S. The van der Waals surface area contributed by atoms with Crippen LogP contribution in [-0.4, -0.2) is 34.4 Å². The lowest BCUT2D eigenvalue weighted by atomic mass is 10.1. The summed E-state index contributed by atoms with van der Waals surface area (Å²) >= 11 is 1.42. The number of thioether (sulfide) groups is 1. The Morgan fingerprint density at radius 3 is 2.78 bits per heavy atom. The third kappa shape index (κ3) is 3.04. The van der Waals surface area contributed by atoms with Gasteiger partial charge in [-0.25, -0.2) is 0 Å². The number of nitrogens with zero attached hydrogens (tertiary/aromatic N) is 1. The van der Waals surface area contributed by atoms with Gasteiger partial charge in [-0.05, 0) is 12.0 Å². The van der Waals surface area contributed by atoms with Crippen molar-refractivity contribution in [1.82, 2.24) is 4.90 Å². The highest BCUT2D eigenvalue weighted by atomic mass is 32.2. The minimum Gasteiger partial charge on any atom is -0.367 e. The van der Waals surface area contributed by atoms with Gasteiger partial charge in [0.25, 0.3) is 5.91 Å². The van der Waals surface area contributed by atoms with E-state index < -0.39 is 11.3 Å². The second-order valence-electron chi connectivity index (χ2n) is 4.05. The van der Waals surface area contributed by atoms with Crippen LogP contribution in [0.3, 0.4) is 0 Å². The largest absolute Gasteiger partial charge is 0.367 e. The molecule has 0 aliphatic carbocycles. The SMILES string of the molecule is NC(=O)C1SCCN1C(=O)[CH]Cc1ccccc1. The van der Waals surface area contributed by atoms with Crippen molar-refractivity contribution in [2.24, 2.45) is 5.73 Å². The van der Waals surface area contributed by atoms with E-state index in [0.29, 0.717) is 13.0 Å². The van der Waals surface area contributed by atoms with Crippen molar-refractivity contribution in [3.8, 4) is 0 Å². The minimum atomic E-state index is -0.510. The number of hydrogen-bond acceptors (Lipinski definition) is 3. The quantitative estimate of drug-likeness (QED) is 0.874. The van der Waals surface area contributed by atoms with Gasteiger partial charge in [0, 0.05) is 12.3 Å². The Bertz CT molecular complexity index is 436. The number of carbonyl (C=O) groups excluding carboxylic acids is 2. The maximum atomic E-state index is 12.0. The van der Waals surface area contributed by atoms with Gasteiger partial charge in [0.1, 0.15) is 0 Å². The fourth-order valence-corrected chi connectivity index (χ4v) is 2.95. The molecule has 1 aliphatic rings. The summed E-state index contributed by atoms with van der Waals surface area (Å²) in [4.78, 5) is 24.7. The molecule has 0 spiro atoms. The predicted octanol–water partition coefficient (Wildman–Crippen LogP) is 0.820. The van der Waals surface area contributed by atoms with Gasteiger partial charge in [0.05, 0.1) is 6.42 Å². The Morgan fingerprint density at radius 1 is 1.39 bits per heavy atom. The van der Waals surface area contributed by atoms with Crippen molar-refractivity contribution in [3.05, 3.63) is 42.3 Å². The van der Waals surface area contributed by atoms with Crippen LogP contribution in [0.5, 0.6) is 0 Å². The predicted molar refractivity (Wildman–Crippen MR) is 71.6 cm³/mol. The molecule has 2 amide bonds. The molecule has 2 N–H and O–H groups in total. The summed E-state index contributed by atoms with van der Waals surface area (Å²) in [5.41, 5.74) is 6.34. The van der Waals surface area contributed by atoms with Gasteiger partial charge in [-0.15, -0.1) is 11.8 Å². The average molecular weight is 263 g/mol. The smallest absolute Gasteiger partial charge is 0.250 e. The molecule has 1 radical (unpaired) electrons. The number of nitrogens with two attached hydrogens (primary N) is 1. The molecule has 5 heteroatoms. The molecule has 18 heavy (non-hydrogen) atoms. The molecule has 4 nitrogen and oxygen atoms in total. The Morgan fingerprint density at radius 2 is 2.11 bits per heavy atom. The molecule has 0 bridgehead atoms. The number of rotatable bonds is 4. The number of hydrogen-bond donors (Lipinski definition) is 1. The van der Waals surface area contributed by atoms with Gasteiger partial charge in [-0.3, -0.25) is 9.59 Å². The van der Waals surface area contributed by atoms with Crippen molar-refractivity contribution < 1.29 is 9.59 Å². The summed E-state index contributed by atoms with van der Waals surface area (Å²) in [6, 6.07) is 9.74. The van der Waals surface area contributed by atoms with Gasteiger partial charge in [-0.1, -0.05) is 30.3 Å². The van der Waals surface area contributed by atoms with Crippen LogP contribution >= 0.6 is 11.8 Å². The van der Waals surface area contributed by atoms with Gasteiger partial charge < -0.3 is 10.6 Å². The topological polar surface area (TPSA) is 63.4 Å². The molecule has 1 aromatic rings. The molecule has 1 unspecified atom stereocenters. The molecule has 0 saturated carbocycles. The highest BCUT2D eigenvalue weighted by Gasteiger charge is 2.32. The van der Waals surface area contributed by atoms with Crippen LogP contribution in [0.25, 0.3) is 0 Å². The lowest BCUT2D eigenvalue weighted by Crippen LogP contribution is -2.42. The molecule has 1 saturated heterocycles.